The molecule has 1 aliphatic rings. The molecule has 1 fully saturated rings. The average Bonchev–Trinajstić information content (AvgIpc) is 2.74. The Hall–Kier alpha value is -1.99. The fourth-order valence-electron chi connectivity index (χ4n) is 3.28. The van der Waals surface area contributed by atoms with Crippen LogP contribution in [0.3, 0.4) is 0 Å². The molecule has 0 unspecified atom stereocenters. The number of nitrogens with one attached hydrogen (secondary N) is 1. The molecule has 0 aromatic heterocycles. The van der Waals surface area contributed by atoms with Crippen LogP contribution in [0.1, 0.15) is 25.3 Å². The van der Waals surface area contributed by atoms with Gasteiger partial charge >= 0.3 is 0 Å². The van der Waals surface area contributed by atoms with Gasteiger partial charge in [-0.3, -0.25) is 9.89 Å². The van der Waals surface area contributed by atoms with Gasteiger partial charge < -0.3 is 24.4 Å². The third-order valence-electron chi connectivity index (χ3n) is 4.94. The molecule has 2 rings (SSSR count). The molecule has 7 heteroatoms. The number of benzene rings is 1. The van der Waals surface area contributed by atoms with Gasteiger partial charge in [0.25, 0.3) is 0 Å². The second-order valence-electron chi connectivity index (χ2n) is 6.88. The van der Waals surface area contributed by atoms with E-state index < -0.39 is 0 Å². The normalized spacial score (nSPS) is 15.6. The Bertz CT molecular complexity index is 601. The lowest BCUT2D eigenvalue weighted by atomic mass is 10.1. The van der Waals surface area contributed by atoms with E-state index in [1.165, 1.54) is 6.42 Å². The summed E-state index contributed by atoms with van der Waals surface area (Å²) < 4.78 is 16.5. The van der Waals surface area contributed by atoms with E-state index in [1.807, 2.05) is 19.2 Å². The van der Waals surface area contributed by atoms with Gasteiger partial charge in [0, 0.05) is 58.5 Å². The minimum Gasteiger partial charge on any atom is -0.497 e. The summed E-state index contributed by atoms with van der Waals surface area (Å²) in [5, 5.41) is 3.41. The molecule has 1 heterocycles. The lowest BCUT2D eigenvalue weighted by Gasteiger charge is -2.36. The van der Waals surface area contributed by atoms with Crippen LogP contribution >= 0.6 is 0 Å². The molecule has 1 aliphatic heterocycles. The van der Waals surface area contributed by atoms with E-state index in [0.29, 0.717) is 6.61 Å². The van der Waals surface area contributed by atoms with Crippen molar-refractivity contribution < 1.29 is 14.2 Å². The Morgan fingerprint density at radius 3 is 2.54 bits per heavy atom. The Morgan fingerprint density at radius 2 is 1.89 bits per heavy atom. The highest BCUT2D eigenvalue weighted by atomic mass is 16.5. The molecule has 1 saturated heterocycles. The summed E-state index contributed by atoms with van der Waals surface area (Å²) >= 11 is 0. The SMILES string of the molecule is CCCCOCCNC(=NC)N1CCN(Cc2cc(OC)ccc2OC)CC1. The number of methoxy groups -OCH3 is 2. The third-order valence-corrected chi connectivity index (χ3v) is 4.94. The summed E-state index contributed by atoms with van der Waals surface area (Å²) in [6.45, 7) is 9.22. The summed E-state index contributed by atoms with van der Waals surface area (Å²) in [5.74, 6) is 2.72. The van der Waals surface area contributed by atoms with Crippen LogP contribution in [0.4, 0.5) is 0 Å². The molecule has 0 radical (unpaired) electrons. The van der Waals surface area contributed by atoms with Crippen molar-refractivity contribution in [2.24, 2.45) is 4.99 Å². The first kappa shape index (κ1) is 22.3. The van der Waals surface area contributed by atoms with E-state index in [-0.39, 0.29) is 0 Å². The minimum atomic E-state index is 0.717. The Kier molecular flexibility index (Phi) is 9.93. The predicted molar refractivity (Wildman–Crippen MR) is 113 cm³/mol. The zero-order valence-corrected chi connectivity index (χ0v) is 17.9. The second-order valence-corrected chi connectivity index (χ2v) is 6.88. The predicted octanol–water partition coefficient (Wildman–Crippen LogP) is 2.21. The summed E-state index contributed by atoms with van der Waals surface area (Å²) in [5.41, 5.74) is 1.15. The first-order valence-electron chi connectivity index (χ1n) is 10.2. The van der Waals surface area contributed by atoms with E-state index in [2.05, 4.69) is 33.1 Å². The average molecular weight is 393 g/mol. The number of hydrogen-bond donors (Lipinski definition) is 1. The molecule has 28 heavy (non-hydrogen) atoms. The van der Waals surface area contributed by atoms with Crippen molar-refractivity contribution in [3.63, 3.8) is 0 Å². The molecule has 1 aromatic rings. The monoisotopic (exact) mass is 392 g/mol. The van der Waals surface area contributed by atoms with Crippen LogP contribution in [0, 0.1) is 0 Å². The molecule has 0 saturated carbocycles. The number of aliphatic imine (C=N–C) groups is 1. The maximum Gasteiger partial charge on any atom is 0.193 e. The minimum absolute atomic E-state index is 0.717. The quantitative estimate of drug-likeness (QED) is 0.374. The second kappa shape index (κ2) is 12.5. The highest BCUT2D eigenvalue weighted by molar-refractivity contribution is 5.80. The highest BCUT2D eigenvalue weighted by Crippen LogP contribution is 2.25. The first-order valence-corrected chi connectivity index (χ1v) is 10.2. The Balaban J connectivity index is 1.78. The van der Waals surface area contributed by atoms with Crippen LogP contribution in [0.5, 0.6) is 11.5 Å². The molecule has 0 amide bonds. The molecular formula is C21H36N4O3. The Labute approximate surface area is 169 Å². The molecule has 158 valence electrons. The summed E-state index contributed by atoms with van der Waals surface area (Å²) in [6.07, 6.45) is 2.29. The van der Waals surface area contributed by atoms with E-state index >= 15 is 0 Å². The van der Waals surface area contributed by atoms with Gasteiger partial charge in [-0.05, 0) is 24.6 Å². The van der Waals surface area contributed by atoms with Gasteiger partial charge in [-0.25, -0.2) is 0 Å². The molecule has 0 spiro atoms. The zero-order valence-electron chi connectivity index (χ0n) is 17.9. The first-order chi connectivity index (χ1) is 13.7. The fourth-order valence-corrected chi connectivity index (χ4v) is 3.28. The van der Waals surface area contributed by atoms with Crippen LogP contribution in [-0.4, -0.2) is 83.0 Å². The smallest absolute Gasteiger partial charge is 0.193 e. The van der Waals surface area contributed by atoms with Gasteiger partial charge in [-0.1, -0.05) is 13.3 Å². The highest BCUT2D eigenvalue weighted by Gasteiger charge is 2.20. The van der Waals surface area contributed by atoms with E-state index in [1.54, 1.807) is 14.2 Å². The van der Waals surface area contributed by atoms with Gasteiger partial charge in [-0.2, -0.15) is 0 Å². The van der Waals surface area contributed by atoms with Crippen LogP contribution in [0.25, 0.3) is 0 Å². The molecular weight excluding hydrogens is 356 g/mol. The number of unbranched alkanes of at least 4 members (excludes halogenated alkanes) is 1. The number of ether oxygens (including phenoxy) is 3. The molecule has 1 aromatic carbocycles. The summed E-state index contributed by atoms with van der Waals surface area (Å²) in [4.78, 5) is 9.18. The maximum atomic E-state index is 5.61. The van der Waals surface area contributed by atoms with Crippen LogP contribution < -0.4 is 14.8 Å². The van der Waals surface area contributed by atoms with Crippen molar-refractivity contribution in [2.45, 2.75) is 26.3 Å². The van der Waals surface area contributed by atoms with Crippen molar-refractivity contribution in [2.75, 3.05) is 67.2 Å². The van der Waals surface area contributed by atoms with Gasteiger partial charge in [0.05, 0.1) is 20.8 Å². The molecule has 0 bridgehead atoms. The number of guanidine groups is 1. The van der Waals surface area contributed by atoms with Crippen LogP contribution in [0.15, 0.2) is 23.2 Å². The molecule has 1 N–H and O–H groups in total. The molecule has 0 atom stereocenters. The fraction of sp³-hybridized carbons (Fsp3) is 0.667. The largest absolute Gasteiger partial charge is 0.497 e. The van der Waals surface area contributed by atoms with Gasteiger partial charge in [0.15, 0.2) is 5.96 Å². The number of rotatable bonds is 10. The lowest BCUT2D eigenvalue weighted by Crippen LogP contribution is -2.52. The lowest BCUT2D eigenvalue weighted by molar-refractivity contribution is 0.134. The van der Waals surface area contributed by atoms with E-state index in [4.69, 9.17) is 14.2 Å². The van der Waals surface area contributed by atoms with Crippen molar-refractivity contribution in [3.05, 3.63) is 23.8 Å². The summed E-state index contributed by atoms with van der Waals surface area (Å²) in [7, 11) is 5.25. The van der Waals surface area contributed by atoms with Crippen molar-refractivity contribution in [1.29, 1.82) is 0 Å². The third kappa shape index (κ3) is 6.87. The van der Waals surface area contributed by atoms with Gasteiger partial charge in [-0.15, -0.1) is 0 Å². The van der Waals surface area contributed by atoms with E-state index in [0.717, 1.165) is 75.3 Å². The van der Waals surface area contributed by atoms with Crippen molar-refractivity contribution in [3.8, 4) is 11.5 Å². The van der Waals surface area contributed by atoms with Crippen LogP contribution in [-0.2, 0) is 11.3 Å². The number of hydrogen-bond acceptors (Lipinski definition) is 5. The standard InChI is InChI=1S/C21H36N4O3/c1-5-6-14-28-15-9-23-21(22-2)25-12-10-24(11-13-25)17-18-16-19(26-3)7-8-20(18)27-4/h7-8,16H,5-6,9-15,17H2,1-4H3,(H,22,23). The number of piperazine rings is 1. The van der Waals surface area contributed by atoms with Crippen molar-refractivity contribution in [1.82, 2.24) is 15.1 Å². The molecule has 0 aliphatic carbocycles. The Morgan fingerprint density at radius 1 is 1.11 bits per heavy atom. The molecule has 7 nitrogen and oxygen atoms in total. The van der Waals surface area contributed by atoms with Crippen LogP contribution in [0.2, 0.25) is 0 Å². The van der Waals surface area contributed by atoms with Gasteiger partial charge in [0.1, 0.15) is 11.5 Å². The number of nitrogens with zero attached hydrogens (tertiary/aromatic N) is 3. The maximum absolute atomic E-state index is 5.61. The zero-order chi connectivity index (χ0) is 20.2. The summed E-state index contributed by atoms with van der Waals surface area (Å²) in [6, 6.07) is 5.96. The van der Waals surface area contributed by atoms with E-state index in [9.17, 15) is 0 Å². The topological polar surface area (TPSA) is 58.6 Å². The van der Waals surface area contributed by atoms with Crippen molar-refractivity contribution >= 4 is 5.96 Å². The van der Waals surface area contributed by atoms with Gasteiger partial charge in [0.2, 0.25) is 0 Å².